The molecule has 9 heteroatoms. The van der Waals surface area contributed by atoms with Gasteiger partial charge >= 0.3 is 0 Å². The van der Waals surface area contributed by atoms with E-state index in [2.05, 4.69) is 26.6 Å². The Morgan fingerprint density at radius 2 is 2.30 bits per heavy atom. The third-order valence-corrected chi connectivity index (χ3v) is 4.79. The van der Waals surface area contributed by atoms with Gasteiger partial charge in [0.1, 0.15) is 5.54 Å². The van der Waals surface area contributed by atoms with E-state index in [9.17, 15) is 0 Å². The summed E-state index contributed by atoms with van der Waals surface area (Å²) in [4.78, 5) is 8.82. The Hall–Kier alpha value is -3.51. The van der Waals surface area contributed by atoms with E-state index in [-0.39, 0.29) is 5.54 Å². The first-order valence-electron chi connectivity index (χ1n) is 8.53. The van der Waals surface area contributed by atoms with Crippen molar-refractivity contribution in [3.63, 3.8) is 0 Å². The summed E-state index contributed by atoms with van der Waals surface area (Å²) in [5.41, 5.74) is 9.29. The monoisotopic (exact) mass is 361 g/mol. The third kappa shape index (κ3) is 2.76. The number of aliphatic imine (C=N–C) groups is 1. The number of allylic oxidation sites excluding steroid dienone is 1. The topological polar surface area (TPSA) is 122 Å². The maximum absolute atomic E-state index is 9.17. The van der Waals surface area contributed by atoms with Crippen molar-refractivity contribution >= 4 is 17.3 Å². The molecule has 3 N–H and O–H groups in total. The van der Waals surface area contributed by atoms with Gasteiger partial charge in [-0.05, 0) is 6.07 Å². The van der Waals surface area contributed by atoms with Crippen LogP contribution in [0.4, 0.5) is 0 Å². The van der Waals surface area contributed by atoms with Crippen molar-refractivity contribution in [2.45, 2.75) is 12.0 Å². The fourth-order valence-corrected chi connectivity index (χ4v) is 3.25. The lowest BCUT2D eigenvalue weighted by atomic mass is 9.89. The normalized spacial score (nSPS) is 16.5. The van der Waals surface area contributed by atoms with Crippen molar-refractivity contribution in [3.05, 3.63) is 42.7 Å². The van der Waals surface area contributed by atoms with Gasteiger partial charge in [-0.25, -0.2) is 9.50 Å². The van der Waals surface area contributed by atoms with Crippen LogP contribution in [0.5, 0.6) is 0 Å². The second kappa shape index (κ2) is 6.66. The quantitative estimate of drug-likeness (QED) is 0.648. The van der Waals surface area contributed by atoms with Crippen molar-refractivity contribution in [1.82, 2.24) is 29.7 Å². The van der Waals surface area contributed by atoms with Crippen LogP contribution in [-0.2, 0) is 5.54 Å². The molecular weight excluding hydrogens is 342 g/mol. The van der Waals surface area contributed by atoms with Gasteiger partial charge < -0.3 is 11.1 Å². The van der Waals surface area contributed by atoms with Gasteiger partial charge in [0.05, 0.1) is 48.0 Å². The van der Waals surface area contributed by atoms with E-state index in [1.807, 2.05) is 23.1 Å². The number of hydrogen-bond acceptors (Lipinski definition) is 7. The molecule has 9 nitrogen and oxygen atoms in total. The second-order valence-electron chi connectivity index (χ2n) is 6.48. The number of aromatic nitrogens is 5. The molecule has 0 atom stereocenters. The van der Waals surface area contributed by atoms with E-state index in [0.717, 1.165) is 29.9 Å². The summed E-state index contributed by atoms with van der Waals surface area (Å²) in [6.45, 7) is 1.45. The largest absolute Gasteiger partial charge is 0.404 e. The fraction of sp³-hybridized carbons (Fsp3) is 0.278. The molecule has 0 saturated carbocycles. The highest BCUT2D eigenvalue weighted by atomic mass is 15.4. The SMILES string of the molecule is CN=CC(=CN)c1cn2nccc2c(-c2cnn(C3(CC#N)CNC3)c2)n1. The Labute approximate surface area is 155 Å². The zero-order valence-corrected chi connectivity index (χ0v) is 14.9. The highest BCUT2D eigenvalue weighted by Gasteiger charge is 2.39. The first-order chi connectivity index (χ1) is 13.2. The molecule has 3 aromatic rings. The highest BCUT2D eigenvalue weighted by molar-refractivity contribution is 6.09. The summed E-state index contributed by atoms with van der Waals surface area (Å²) in [5.74, 6) is 0. The molecule has 1 aliphatic heterocycles. The summed E-state index contributed by atoms with van der Waals surface area (Å²) >= 11 is 0. The van der Waals surface area contributed by atoms with E-state index in [1.54, 1.807) is 30.2 Å². The Kier molecular flexibility index (Phi) is 4.18. The lowest BCUT2D eigenvalue weighted by molar-refractivity contribution is 0.160. The smallest absolute Gasteiger partial charge is 0.100 e. The van der Waals surface area contributed by atoms with Gasteiger partial charge in [-0.15, -0.1) is 0 Å². The van der Waals surface area contributed by atoms with E-state index in [0.29, 0.717) is 17.7 Å². The lowest BCUT2D eigenvalue weighted by Gasteiger charge is -2.41. The van der Waals surface area contributed by atoms with Crippen molar-refractivity contribution in [2.24, 2.45) is 10.7 Å². The molecule has 1 aliphatic rings. The van der Waals surface area contributed by atoms with Crippen LogP contribution in [-0.4, -0.2) is 50.7 Å². The molecule has 0 radical (unpaired) electrons. The van der Waals surface area contributed by atoms with Gasteiger partial charge in [0.15, 0.2) is 0 Å². The molecule has 0 aliphatic carbocycles. The molecule has 4 rings (SSSR count). The zero-order chi connectivity index (χ0) is 18.9. The minimum Gasteiger partial charge on any atom is -0.404 e. The third-order valence-electron chi connectivity index (χ3n) is 4.79. The van der Waals surface area contributed by atoms with Crippen LogP contribution >= 0.6 is 0 Å². The standard InChI is InChI=1S/C18H19N9/c1-21-7-13(6-20)15-10-26-16(2-5-23-26)17(25-15)14-8-24-27(9-14)18(3-4-19)11-22-12-18/h2,5-10,22H,3,11-12,20H2,1H3. The molecule has 1 saturated heterocycles. The molecule has 0 spiro atoms. The summed E-state index contributed by atoms with van der Waals surface area (Å²) < 4.78 is 3.63. The lowest BCUT2D eigenvalue weighted by Crippen LogP contribution is -2.60. The van der Waals surface area contributed by atoms with Crippen molar-refractivity contribution in [2.75, 3.05) is 20.1 Å². The molecule has 0 amide bonds. The number of nitrogens with two attached hydrogens (primary N) is 1. The number of hydrogen-bond donors (Lipinski definition) is 2. The molecular formula is C18H19N9. The first kappa shape index (κ1) is 16.9. The Balaban J connectivity index is 1.82. The molecule has 4 heterocycles. The van der Waals surface area contributed by atoms with Crippen LogP contribution in [0.15, 0.2) is 42.0 Å². The van der Waals surface area contributed by atoms with Gasteiger partial charge in [0, 0.05) is 49.9 Å². The predicted molar refractivity (Wildman–Crippen MR) is 102 cm³/mol. The molecule has 27 heavy (non-hydrogen) atoms. The van der Waals surface area contributed by atoms with E-state index in [1.165, 1.54) is 6.20 Å². The predicted octanol–water partition coefficient (Wildman–Crippen LogP) is 0.805. The van der Waals surface area contributed by atoms with Gasteiger partial charge in [-0.1, -0.05) is 0 Å². The van der Waals surface area contributed by atoms with Crippen LogP contribution in [0.2, 0.25) is 0 Å². The van der Waals surface area contributed by atoms with Gasteiger partial charge in [-0.2, -0.15) is 15.5 Å². The number of nitrogens with one attached hydrogen (secondary N) is 1. The van der Waals surface area contributed by atoms with E-state index in [4.69, 9.17) is 16.0 Å². The molecule has 1 fully saturated rings. The summed E-state index contributed by atoms with van der Waals surface area (Å²) in [6, 6.07) is 4.16. The highest BCUT2D eigenvalue weighted by Crippen LogP contribution is 2.29. The van der Waals surface area contributed by atoms with Gasteiger partial charge in [0.2, 0.25) is 0 Å². The fourth-order valence-electron chi connectivity index (χ4n) is 3.25. The average Bonchev–Trinajstić information content (AvgIpc) is 3.31. The maximum Gasteiger partial charge on any atom is 0.100 e. The molecule has 136 valence electrons. The molecule has 0 bridgehead atoms. The van der Waals surface area contributed by atoms with Crippen LogP contribution in [0.3, 0.4) is 0 Å². The minimum atomic E-state index is -0.293. The maximum atomic E-state index is 9.17. The van der Waals surface area contributed by atoms with E-state index < -0.39 is 0 Å². The number of fused-ring (bicyclic) bond motifs is 1. The molecule has 0 unspecified atom stereocenters. The zero-order valence-electron chi connectivity index (χ0n) is 14.9. The molecule has 0 aromatic carbocycles. The van der Waals surface area contributed by atoms with E-state index >= 15 is 0 Å². The second-order valence-corrected chi connectivity index (χ2v) is 6.48. The Morgan fingerprint density at radius 3 is 2.96 bits per heavy atom. The van der Waals surface area contributed by atoms with Crippen molar-refractivity contribution in [3.8, 4) is 17.3 Å². The average molecular weight is 361 g/mol. The van der Waals surface area contributed by atoms with Crippen molar-refractivity contribution in [1.29, 1.82) is 5.26 Å². The number of rotatable bonds is 5. The van der Waals surface area contributed by atoms with Crippen LogP contribution in [0.1, 0.15) is 12.1 Å². The van der Waals surface area contributed by atoms with Crippen LogP contribution < -0.4 is 11.1 Å². The molecule has 3 aromatic heterocycles. The first-order valence-corrected chi connectivity index (χ1v) is 8.53. The number of nitrogens with zero attached hydrogens (tertiary/aromatic N) is 7. The summed E-state index contributed by atoms with van der Waals surface area (Å²) in [6.07, 6.45) is 10.8. The van der Waals surface area contributed by atoms with Crippen LogP contribution in [0.25, 0.3) is 22.3 Å². The van der Waals surface area contributed by atoms with Gasteiger partial charge in [-0.3, -0.25) is 9.67 Å². The van der Waals surface area contributed by atoms with Crippen molar-refractivity contribution < 1.29 is 0 Å². The Bertz CT molecular complexity index is 1080. The summed E-state index contributed by atoms with van der Waals surface area (Å²) in [5, 5.41) is 21.3. The minimum absolute atomic E-state index is 0.293. The number of nitriles is 1. The Morgan fingerprint density at radius 1 is 1.44 bits per heavy atom. The van der Waals surface area contributed by atoms with Gasteiger partial charge in [0.25, 0.3) is 0 Å². The summed E-state index contributed by atoms with van der Waals surface area (Å²) in [7, 11) is 1.68. The van der Waals surface area contributed by atoms with Crippen LogP contribution in [0, 0.1) is 11.3 Å².